The van der Waals surface area contributed by atoms with E-state index >= 15 is 4.39 Å². The number of nitrogens with one attached hydrogen (secondary N) is 8. The first kappa shape index (κ1) is 70.4. The second-order valence-corrected chi connectivity index (χ2v) is 23.9. The van der Waals surface area contributed by atoms with Crippen molar-refractivity contribution in [1.82, 2.24) is 57.0 Å². The lowest BCUT2D eigenvalue weighted by atomic mass is 9.81. The molecule has 11 amide bonds. The number of benzene rings is 2. The number of halogens is 1. The van der Waals surface area contributed by atoms with Crippen LogP contribution < -0.4 is 53.8 Å². The van der Waals surface area contributed by atoms with Gasteiger partial charge in [-0.25, -0.2) is 14.2 Å². The zero-order valence-corrected chi connectivity index (χ0v) is 52.6. The maximum atomic E-state index is 15.5. The van der Waals surface area contributed by atoms with E-state index < -0.39 is 163 Å². The smallest absolute Gasteiger partial charge is 0.343 e. The molecule has 0 bridgehead atoms. The van der Waals surface area contributed by atoms with E-state index in [2.05, 4.69) is 42.5 Å². The molecule has 1 unspecified atom stereocenters. The van der Waals surface area contributed by atoms with Crippen molar-refractivity contribution >= 4 is 81.9 Å². The molecule has 96 heavy (non-hydrogen) atoms. The number of fused-ring (bicyclic) bond motifs is 5. The zero-order chi connectivity index (χ0) is 69.1. The minimum Gasteiger partial charge on any atom is -0.458 e. The number of carbonyl (C=O) groups excluding carboxylic acids is 12. The van der Waals surface area contributed by atoms with E-state index in [4.69, 9.17) is 24.9 Å². The van der Waals surface area contributed by atoms with E-state index in [0.717, 1.165) is 17.1 Å². The Kier molecular flexibility index (Phi) is 22.8. The number of esters is 1. The number of hydrogen-bond acceptors (Lipinski definition) is 20. The molecule has 13 N–H and O–H groups in total. The van der Waals surface area contributed by atoms with Gasteiger partial charge in [0, 0.05) is 67.1 Å². The number of hydrogen-bond donors (Lipinski definition) is 12. The first-order chi connectivity index (χ1) is 45.8. The normalized spacial score (nSPS) is 20.2. The molecule has 0 radical (unpaired) electrons. The molecule has 5 aliphatic rings. The van der Waals surface area contributed by atoms with Crippen LogP contribution in [0, 0.1) is 12.7 Å². The molecule has 32 heteroatoms. The number of aliphatic hydroxyl groups excluding tert-OH is 2. The molecule has 9 rings (SSSR count). The Balaban J connectivity index is 0.738. The van der Waals surface area contributed by atoms with Gasteiger partial charge in [-0.15, -0.1) is 0 Å². The summed E-state index contributed by atoms with van der Waals surface area (Å²) in [7, 11) is 0. The van der Waals surface area contributed by atoms with Gasteiger partial charge in [0.25, 0.3) is 17.4 Å². The fourth-order valence-electron chi connectivity index (χ4n) is 12.3. The number of cyclic esters (lactones) is 1. The van der Waals surface area contributed by atoms with Crippen molar-refractivity contribution in [2.45, 2.75) is 146 Å². The van der Waals surface area contributed by atoms with Crippen LogP contribution in [0.1, 0.15) is 110 Å². The number of amides is 11. The summed E-state index contributed by atoms with van der Waals surface area (Å²) in [6, 6.07) is 8.00. The highest BCUT2D eigenvalue weighted by Gasteiger charge is 2.47. The Bertz CT molecular complexity index is 3850. The summed E-state index contributed by atoms with van der Waals surface area (Å²) in [5.41, 5.74) is 6.65. The molecule has 31 nitrogen and oxygen atoms in total. The Hall–Kier alpha value is -9.89. The number of pyridine rings is 2. The van der Waals surface area contributed by atoms with E-state index in [1.807, 2.05) is 0 Å². The van der Waals surface area contributed by atoms with Crippen molar-refractivity contribution in [2.24, 2.45) is 5.73 Å². The van der Waals surface area contributed by atoms with Gasteiger partial charge in [-0.2, -0.15) is 0 Å². The molecule has 1 fully saturated rings. The number of aromatic nitrogens is 2. The van der Waals surface area contributed by atoms with Gasteiger partial charge in [0.2, 0.25) is 53.2 Å². The van der Waals surface area contributed by atoms with Crippen LogP contribution in [0.15, 0.2) is 59.4 Å². The molecule has 4 aromatic rings. The number of nitrogens with zero attached hydrogens (tertiary/aromatic N) is 3. The molecule has 512 valence electrons. The van der Waals surface area contributed by atoms with Crippen molar-refractivity contribution in [3.63, 3.8) is 0 Å². The lowest BCUT2D eigenvalue weighted by molar-refractivity contribution is -0.172. The molecule has 4 aliphatic heterocycles. The van der Waals surface area contributed by atoms with E-state index in [0.29, 0.717) is 76.7 Å². The van der Waals surface area contributed by atoms with Gasteiger partial charge in [-0.3, -0.25) is 62.4 Å². The van der Waals surface area contributed by atoms with Crippen LogP contribution in [-0.2, 0) is 103 Å². The van der Waals surface area contributed by atoms with Crippen LogP contribution >= 0.6 is 0 Å². The third kappa shape index (κ3) is 16.4. The fraction of sp³-hybridized carbons (Fsp3) is 0.469. The van der Waals surface area contributed by atoms with E-state index in [1.165, 1.54) is 10.6 Å². The van der Waals surface area contributed by atoms with E-state index in [-0.39, 0.29) is 81.4 Å². The number of imide groups is 1. The van der Waals surface area contributed by atoms with Crippen LogP contribution in [0.4, 0.5) is 4.39 Å². The average Bonchev–Trinajstić information content (AvgIpc) is 1.47. The largest absolute Gasteiger partial charge is 0.458 e. The summed E-state index contributed by atoms with van der Waals surface area (Å²) < 4.78 is 33.1. The standard InChI is InChI=1S/C64H75FN12O19/c1-3-64(93)37-21-43-57-35(28-77(43)62(91)36(37)29-95-63(64)92)56-39(14-13-34-32(2)38(65)22-41(75-57)55(34)56)72-52(84)30-94-31-71-50(82)26-70-61(90)42(20-33-10-6-4-7-11-33)74-51(83)27-68-49(81)25-69-60(89)40(73-48(80)12-8-5-9-19-76-53(85)17-18-54(76)86)15-16-47(79)67-24-45-59(88)58(87)44(96-45)23-46(66)78/h4,6-7,10-11,17-18,21-22,39-40,42,44-45,58-59,87-88,93H,3,5,8-9,12-16,19-20,23-31H2,1-2H3,(H2,66,78)(H,67,79)(H,68,81)(H,69,89)(H,70,90)(H,71,82)(H,72,84)(H,73,80)(H,74,83)/t39-,40?,42-,44-,45+,58-,59+,64-/m0/s1. The highest BCUT2D eigenvalue weighted by atomic mass is 19.1. The second-order valence-electron chi connectivity index (χ2n) is 23.9. The summed E-state index contributed by atoms with van der Waals surface area (Å²) in [5.74, 6) is -9.07. The Morgan fingerprint density at radius 3 is 2.17 bits per heavy atom. The number of primary amides is 1. The van der Waals surface area contributed by atoms with Gasteiger partial charge in [-0.05, 0) is 73.8 Å². The summed E-state index contributed by atoms with van der Waals surface area (Å²) >= 11 is 0. The highest BCUT2D eigenvalue weighted by molar-refractivity contribution is 6.13. The fourth-order valence-corrected chi connectivity index (χ4v) is 12.3. The van der Waals surface area contributed by atoms with Gasteiger partial charge in [0.1, 0.15) is 56.2 Å². The summed E-state index contributed by atoms with van der Waals surface area (Å²) in [4.78, 5) is 174. The van der Waals surface area contributed by atoms with Crippen LogP contribution in [-0.4, -0.2) is 183 Å². The van der Waals surface area contributed by atoms with Gasteiger partial charge in [0.15, 0.2) is 5.60 Å². The number of ether oxygens (including phenoxy) is 3. The molecule has 2 aromatic carbocycles. The number of nitrogens with two attached hydrogens (primary N) is 1. The van der Waals surface area contributed by atoms with Gasteiger partial charge < -0.3 is 82.4 Å². The highest BCUT2D eigenvalue weighted by Crippen LogP contribution is 2.46. The molecule has 0 spiro atoms. The SMILES string of the molecule is CC[C@@]1(O)C(=O)OCc2c1cc1n(c2=O)Cc2c-1nc1cc(F)c(C)c3c1c2[C@@H](NC(=O)COCNC(=O)CNC(=O)[C@H](Cc1ccccc1)NC(=O)CNC(=O)CNC(=O)C(CCC(=O)NC[C@H]1O[C@@H](CC(N)=O)[C@H](O)[C@@H]1O)NC(=O)CCCCCN1C(=O)C=CC1=O)CC3. The average molecular weight is 1340 g/mol. The van der Waals surface area contributed by atoms with Gasteiger partial charge in [0.05, 0.1) is 67.2 Å². The molecular weight excluding hydrogens is 1260 g/mol. The third-order valence-electron chi connectivity index (χ3n) is 17.4. The summed E-state index contributed by atoms with van der Waals surface area (Å²) in [5, 5.41) is 52.8. The van der Waals surface area contributed by atoms with Gasteiger partial charge >= 0.3 is 5.97 Å². The molecule has 2 aromatic heterocycles. The van der Waals surface area contributed by atoms with Crippen LogP contribution in [0.2, 0.25) is 0 Å². The van der Waals surface area contributed by atoms with Crippen LogP contribution in [0.25, 0.3) is 22.3 Å². The monoisotopic (exact) mass is 1330 g/mol. The Morgan fingerprint density at radius 1 is 0.781 bits per heavy atom. The molecule has 6 heterocycles. The molecule has 1 aliphatic carbocycles. The predicted octanol–water partition coefficient (Wildman–Crippen LogP) is -2.97. The molecule has 1 saturated heterocycles. The molecule has 8 atom stereocenters. The van der Waals surface area contributed by atoms with E-state index in [9.17, 15) is 77.6 Å². The van der Waals surface area contributed by atoms with Crippen molar-refractivity contribution in [1.29, 1.82) is 0 Å². The number of carbonyl (C=O) groups is 12. The van der Waals surface area contributed by atoms with Gasteiger partial charge in [-0.1, -0.05) is 43.7 Å². The van der Waals surface area contributed by atoms with E-state index in [1.54, 1.807) is 50.2 Å². The lowest BCUT2D eigenvalue weighted by Gasteiger charge is -2.31. The van der Waals surface area contributed by atoms with Crippen molar-refractivity contribution in [3.8, 4) is 11.4 Å². The van der Waals surface area contributed by atoms with Crippen molar-refractivity contribution < 1.29 is 91.5 Å². The number of unbranched alkanes of at least 4 members (excludes halogenated alkanes) is 2. The summed E-state index contributed by atoms with van der Waals surface area (Å²) in [6.45, 7) is -0.298. The van der Waals surface area contributed by atoms with Crippen LogP contribution in [0.3, 0.4) is 0 Å². The number of aliphatic hydroxyl groups is 3. The minimum atomic E-state index is -2.08. The first-order valence-corrected chi connectivity index (χ1v) is 31.4. The minimum absolute atomic E-state index is 0.0185. The third-order valence-corrected chi connectivity index (χ3v) is 17.4. The quantitative estimate of drug-likeness (QED) is 0.00912. The Morgan fingerprint density at radius 2 is 1.46 bits per heavy atom. The zero-order valence-electron chi connectivity index (χ0n) is 52.6. The maximum Gasteiger partial charge on any atom is 0.343 e. The molecular formula is C64H75FN12O19. The lowest BCUT2D eigenvalue weighted by Crippen LogP contribution is -2.53. The van der Waals surface area contributed by atoms with Crippen LogP contribution in [0.5, 0.6) is 0 Å². The molecule has 0 saturated carbocycles. The maximum absolute atomic E-state index is 15.5. The first-order valence-electron chi connectivity index (χ1n) is 31.4. The van der Waals surface area contributed by atoms with Crippen molar-refractivity contribution in [2.75, 3.05) is 46.1 Å². The number of aryl methyl sites for hydroxylation is 1. The second kappa shape index (κ2) is 31.1. The number of rotatable bonds is 31. The summed E-state index contributed by atoms with van der Waals surface area (Å²) in [6.07, 6.45) is -2.32. The topological polar surface area (TPSA) is 454 Å². The predicted molar refractivity (Wildman–Crippen MR) is 331 cm³/mol. The van der Waals surface area contributed by atoms with Crippen molar-refractivity contribution in [3.05, 3.63) is 110 Å². The Labute approximate surface area is 547 Å².